The summed E-state index contributed by atoms with van der Waals surface area (Å²) in [5, 5.41) is 9.73. The van der Waals surface area contributed by atoms with Crippen LogP contribution in [0.15, 0.2) is 6.20 Å². The zero-order valence-electron chi connectivity index (χ0n) is 16.1. The van der Waals surface area contributed by atoms with Crippen molar-refractivity contribution in [2.24, 2.45) is 5.41 Å². The third-order valence-corrected chi connectivity index (χ3v) is 4.66. The summed E-state index contributed by atoms with van der Waals surface area (Å²) in [6.07, 6.45) is -2.10. The highest BCUT2D eigenvalue weighted by Crippen LogP contribution is 2.35. The topological polar surface area (TPSA) is 68.2 Å². The number of piperidine rings is 1. The molecule has 0 unspecified atom stereocenters. The first-order chi connectivity index (χ1) is 12.0. The maximum Gasteiger partial charge on any atom is 0.433 e. The van der Waals surface area contributed by atoms with Gasteiger partial charge in [-0.2, -0.15) is 18.3 Å². The number of aromatic nitrogens is 2. The molecule has 1 aromatic rings. The molecule has 10 heteroatoms. The maximum absolute atomic E-state index is 13.6. The number of carbonyl (C=O) groups excluding carboxylic acids is 1. The predicted molar refractivity (Wildman–Crippen MR) is 98.2 cm³/mol. The molecular weight excluding hydrogens is 385 g/mol. The molecule has 0 aromatic carbocycles. The van der Waals surface area contributed by atoms with Gasteiger partial charge in [0.2, 0.25) is 0 Å². The Labute approximate surface area is 163 Å². The molecule has 2 N–H and O–H groups in total. The normalized spacial score (nSPS) is 17.3. The van der Waals surface area contributed by atoms with Crippen LogP contribution in [-0.2, 0) is 16.5 Å². The van der Waals surface area contributed by atoms with Gasteiger partial charge < -0.3 is 15.4 Å². The van der Waals surface area contributed by atoms with Gasteiger partial charge >= 0.3 is 6.18 Å². The second-order valence-corrected chi connectivity index (χ2v) is 7.85. The van der Waals surface area contributed by atoms with Gasteiger partial charge in [-0.15, -0.1) is 12.4 Å². The molecule has 2 rings (SSSR count). The molecule has 2 heterocycles. The van der Waals surface area contributed by atoms with Crippen molar-refractivity contribution in [2.75, 3.05) is 33.4 Å². The lowest BCUT2D eigenvalue weighted by Crippen LogP contribution is -2.47. The number of rotatable bonds is 5. The molecular formula is C17H28ClF3N4O2. The largest absolute Gasteiger partial charge is 0.433 e. The molecule has 6 nitrogen and oxygen atoms in total. The Hall–Kier alpha value is -1.32. The van der Waals surface area contributed by atoms with Crippen molar-refractivity contribution in [1.82, 2.24) is 20.4 Å². The lowest BCUT2D eigenvalue weighted by molar-refractivity contribution is -0.146. The van der Waals surface area contributed by atoms with Crippen molar-refractivity contribution in [3.63, 3.8) is 0 Å². The van der Waals surface area contributed by atoms with Crippen molar-refractivity contribution in [3.8, 4) is 0 Å². The van der Waals surface area contributed by atoms with E-state index in [9.17, 15) is 18.0 Å². The number of methoxy groups -OCH3 is 1. The first-order valence-corrected chi connectivity index (χ1v) is 8.64. The average Bonchev–Trinajstić information content (AvgIpc) is 2.99. The van der Waals surface area contributed by atoms with Crippen molar-refractivity contribution in [3.05, 3.63) is 17.5 Å². The second kappa shape index (κ2) is 8.79. The summed E-state index contributed by atoms with van der Waals surface area (Å²) in [6.45, 7) is 7.12. The average molecular weight is 413 g/mol. The summed E-state index contributed by atoms with van der Waals surface area (Å²) in [5.41, 5.74) is -2.63. The van der Waals surface area contributed by atoms with Gasteiger partial charge in [0.25, 0.3) is 5.91 Å². The number of amides is 1. The first kappa shape index (κ1) is 23.7. The number of nitrogens with one attached hydrogen (secondary N) is 2. The summed E-state index contributed by atoms with van der Waals surface area (Å²) in [5.74, 6) is -0.762. The van der Waals surface area contributed by atoms with Gasteiger partial charge in [-0.25, -0.2) is 0 Å². The van der Waals surface area contributed by atoms with Crippen molar-refractivity contribution in [1.29, 1.82) is 0 Å². The van der Waals surface area contributed by atoms with Crippen LogP contribution in [0.3, 0.4) is 0 Å². The van der Waals surface area contributed by atoms with Crippen LogP contribution >= 0.6 is 12.4 Å². The third-order valence-electron chi connectivity index (χ3n) is 4.66. The third kappa shape index (κ3) is 5.58. The quantitative estimate of drug-likeness (QED) is 0.780. The highest BCUT2D eigenvalue weighted by atomic mass is 35.5. The molecule has 1 amide bonds. The van der Waals surface area contributed by atoms with Crippen LogP contribution < -0.4 is 10.6 Å². The van der Waals surface area contributed by atoms with Gasteiger partial charge in [0.05, 0.1) is 23.9 Å². The molecule has 0 saturated carbocycles. The van der Waals surface area contributed by atoms with Crippen LogP contribution in [0.4, 0.5) is 13.2 Å². The van der Waals surface area contributed by atoms with Gasteiger partial charge in [-0.3, -0.25) is 9.48 Å². The molecule has 0 bridgehead atoms. The highest BCUT2D eigenvalue weighted by Gasteiger charge is 2.42. The SMILES string of the molecule is COCC1(CNC(=O)c2cnn(C(C)(C)C)c2C(F)(F)F)CCNCC1.Cl. The summed E-state index contributed by atoms with van der Waals surface area (Å²) in [6, 6.07) is 0. The minimum Gasteiger partial charge on any atom is -0.384 e. The minimum atomic E-state index is -4.67. The van der Waals surface area contributed by atoms with E-state index in [2.05, 4.69) is 15.7 Å². The Morgan fingerprint density at radius 2 is 1.93 bits per heavy atom. The van der Waals surface area contributed by atoms with E-state index in [-0.39, 0.29) is 24.4 Å². The van der Waals surface area contributed by atoms with E-state index in [0.29, 0.717) is 6.61 Å². The van der Waals surface area contributed by atoms with Crippen LogP contribution in [0, 0.1) is 5.41 Å². The van der Waals surface area contributed by atoms with E-state index in [1.54, 1.807) is 27.9 Å². The van der Waals surface area contributed by atoms with E-state index < -0.39 is 28.9 Å². The summed E-state index contributed by atoms with van der Waals surface area (Å²) in [7, 11) is 1.58. The molecule has 1 aromatic heterocycles. The fourth-order valence-corrected chi connectivity index (χ4v) is 3.29. The van der Waals surface area contributed by atoms with Crippen LogP contribution in [0.1, 0.15) is 49.7 Å². The van der Waals surface area contributed by atoms with Gasteiger partial charge in [-0.05, 0) is 46.7 Å². The van der Waals surface area contributed by atoms with E-state index in [4.69, 9.17) is 4.74 Å². The molecule has 0 aliphatic carbocycles. The van der Waals surface area contributed by atoms with E-state index in [0.717, 1.165) is 36.8 Å². The zero-order chi connectivity index (χ0) is 19.6. The number of hydrogen-bond acceptors (Lipinski definition) is 4. The standard InChI is InChI=1S/C17H27F3N4O2.ClH/c1-15(2,3)24-13(17(18,19)20)12(9-23-24)14(25)22-10-16(11-26-4)5-7-21-8-6-16;/h9,21H,5-8,10-11H2,1-4H3,(H,22,25);1H. The lowest BCUT2D eigenvalue weighted by atomic mass is 9.79. The second-order valence-electron chi connectivity index (χ2n) is 7.85. The van der Waals surface area contributed by atoms with Gasteiger partial charge in [0.15, 0.2) is 5.69 Å². The van der Waals surface area contributed by atoms with E-state index in [1.807, 2.05) is 0 Å². The highest BCUT2D eigenvalue weighted by molar-refractivity contribution is 5.95. The summed E-state index contributed by atoms with van der Waals surface area (Å²) in [4.78, 5) is 12.5. The lowest BCUT2D eigenvalue weighted by Gasteiger charge is -2.37. The van der Waals surface area contributed by atoms with Gasteiger partial charge in [0.1, 0.15) is 0 Å². The molecule has 0 spiro atoms. The van der Waals surface area contributed by atoms with Crippen LogP contribution in [0.2, 0.25) is 0 Å². The number of halogens is 4. The number of hydrogen-bond donors (Lipinski definition) is 2. The van der Waals surface area contributed by atoms with E-state index in [1.165, 1.54) is 0 Å². The molecule has 0 radical (unpaired) electrons. The molecule has 27 heavy (non-hydrogen) atoms. The van der Waals surface area contributed by atoms with Crippen molar-refractivity contribution < 1.29 is 22.7 Å². The molecule has 1 saturated heterocycles. The monoisotopic (exact) mass is 412 g/mol. The zero-order valence-corrected chi connectivity index (χ0v) is 16.9. The Morgan fingerprint density at radius 1 is 1.33 bits per heavy atom. The molecule has 1 fully saturated rings. The van der Waals surface area contributed by atoms with E-state index >= 15 is 0 Å². The fraction of sp³-hybridized carbons (Fsp3) is 0.765. The van der Waals surface area contributed by atoms with Crippen LogP contribution in [0.25, 0.3) is 0 Å². The van der Waals surface area contributed by atoms with Gasteiger partial charge in [0, 0.05) is 19.1 Å². The number of carbonyl (C=O) groups is 1. The molecule has 156 valence electrons. The number of ether oxygens (including phenoxy) is 1. The smallest absolute Gasteiger partial charge is 0.384 e. The number of nitrogens with zero attached hydrogens (tertiary/aromatic N) is 2. The Morgan fingerprint density at radius 3 is 2.41 bits per heavy atom. The first-order valence-electron chi connectivity index (χ1n) is 8.64. The Bertz CT molecular complexity index is 630. The molecule has 0 atom stereocenters. The van der Waals surface area contributed by atoms with Crippen molar-refractivity contribution >= 4 is 18.3 Å². The Balaban J connectivity index is 0.00000364. The summed E-state index contributed by atoms with van der Waals surface area (Å²) >= 11 is 0. The minimum absolute atomic E-state index is 0. The molecule has 1 aliphatic heterocycles. The number of alkyl halides is 3. The van der Waals surface area contributed by atoms with Crippen LogP contribution in [-0.4, -0.2) is 49.0 Å². The maximum atomic E-state index is 13.6. The summed E-state index contributed by atoms with van der Waals surface area (Å²) < 4.78 is 46.8. The molecule has 1 aliphatic rings. The van der Waals surface area contributed by atoms with Gasteiger partial charge in [-0.1, -0.05) is 0 Å². The Kier molecular flexibility index (Phi) is 7.72. The van der Waals surface area contributed by atoms with Crippen molar-refractivity contribution in [2.45, 2.75) is 45.3 Å². The fourth-order valence-electron chi connectivity index (χ4n) is 3.29. The predicted octanol–water partition coefficient (Wildman–Crippen LogP) is 2.82. The van der Waals surface area contributed by atoms with Crippen LogP contribution in [0.5, 0.6) is 0 Å².